The van der Waals surface area contributed by atoms with Crippen LogP contribution in [0.4, 0.5) is 0 Å². The van der Waals surface area contributed by atoms with E-state index in [0.717, 1.165) is 12.8 Å². The average Bonchev–Trinajstić information content (AvgIpc) is 3.54. The van der Waals surface area contributed by atoms with Crippen LogP contribution in [0.15, 0.2) is 143 Å². The average molecular weight is 593 g/mol. The topological polar surface area (TPSA) is 0 Å². The summed E-state index contributed by atoms with van der Waals surface area (Å²) in [6, 6.07) is 21.3. The molecule has 0 nitrogen and oxygen atoms in total. The number of hydrogen-bond donors (Lipinski definition) is 0. The van der Waals surface area contributed by atoms with Gasteiger partial charge in [0.05, 0.1) is 0 Å². The highest BCUT2D eigenvalue weighted by molar-refractivity contribution is 6.19. The first kappa shape index (κ1) is 26.8. The molecule has 0 aliphatic heterocycles. The lowest BCUT2D eigenvalue weighted by Gasteiger charge is -2.40. The van der Waals surface area contributed by atoms with E-state index in [2.05, 4.69) is 137 Å². The molecule has 0 bridgehead atoms. The summed E-state index contributed by atoms with van der Waals surface area (Å²) in [4.78, 5) is 0. The Hall–Kier alpha value is -4.42. The lowest BCUT2D eigenvalue weighted by atomic mass is 9.62. The smallest absolute Gasteiger partial charge is 0.0159 e. The fourth-order valence-corrected chi connectivity index (χ4v) is 10.4. The van der Waals surface area contributed by atoms with Crippen molar-refractivity contribution in [3.05, 3.63) is 171 Å². The van der Waals surface area contributed by atoms with Crippen LogP contribution in [-0.2, 0) is 0 Å². The van der Waals surface area contributed by atoms with Gasteiger partial charge in [-0.25, -0.2) is 0 Å². The van der Waals surface area contributed by atoms with Gasteiger partial charge in [0.2, 0.25) is 0 Å². The zero-order valence-electron chi connectivity index (χ0n) is 27.3. The van der Waals surface area contributed by atoms with Gasteiger partial charge < -0.3 is 0 Å². The van der Waals surface area contributed by atoms with Crippen LogP contribution >= 0.6 is 0 Å². The Balaban J connectivity index is 1.36. The Morgan fingerprint density at radius 2 is 1.61 bits per heavy atom. The lowest BCUT2D eigenvalue weighted by molar-refractivity contribution is 0.421. The van der Waals surface area contributed by atoms with E-state index in [1.54, 1.807) is 27.9 Å². The van der Waals surface area contributed by atoms with Crippen LogP contribution < -0.4 is 0 Å². The van der Waals surface area contributed by atoms with Crippen molar-refractivity contribution in [3.63, 3.8) is 0 Å². The highest BCUT2D eigenvalue weighted by Gasteiger charge is 2.52. The zero-order valence-corrected chi connectivity index (χ0v) is 27.3. The number of hydrogen-bond acceptors (Lipinski definition) is 0. The number of benzene rings is 3. The Labute approximate surface area is 273 Å². The summed E-state index contributed by atoms with van der Waals surface area (Å²) in [7, 11) is 0. The summed E-state index contributed by atoms with van der Waals surface area (Å²) in [5.41, 5.74) is 21.0. The molecular weight excluding hydrogens is 553 g/mol. The lowest BCUT2D eigenvalue weighted by Crippen LogP contribution is -2.28. The van der Waals surface area contributed by atoms with E-state index in [4.69, 9.17) is 0 Å². The fraction of sp³-hybridized carbons (Fsp3) is 0.261. The molecule has 0 aromatic heterocycles. The summed E-state index contributed by atoms with van der Waals surface area (Å²) in [5.74, 6) is 2.64. The van der Waals surface area contributed by atoms with Crippen molar-refractivity contribution in [2.45, 2.75) is 46.5 Å². The molecule has 0 amide bonds. The first-order valence-corrected chi connectivity index (χ1v) is 17.4. The van der Waals surface area contributed by atoms with Crippen molar-refractivity contribution in [1.29, 1.82) is 0 Å². The maximum atomic E-state index is 2.68. The summed E-state index contributed by atoms with van der Waals surface area (Å²) >= 11 is 0. The molecule has 6 atom stereocenters. The molecule has 0 N–H and O–H groups in total. The molecule has 3 aromatic carbocycles. The SMILES string of the molecule is CC1=CC2C=C(C)C=C3C2C(=C1)C1=C(c2ccccc2)c2c(cc4c5c(cccc25)C2=C4C=C(C)C(C)C2)C([C@H]2C=CC=CC2)C31. The summed E-state index contributed by atoms with van der Waals surface area (Å²) in [5, 5.41) is 2.93. The first-order chi connectivity index (χ1) is 22.5. The molecule has 224 valence electrons. The van der Waals surface area contributed by atoms with Crippen molar-refractivity contribution >= 4 is 27.5 Å². The second-order valence-electron chi connectivity index (χ2n) is 15.0. The maximum Gasteiger partial charge on any atom is 0.0159 e. The number of fused-ring (bicyclic) bond motifs is 7. The monoisotopic (exact) mass is 592 g/mol. The highest BCUT2D eigenvalue weighted by atomic mass is 14.6. The predicted molar refractivity (Wildman–Crippen MR) is 194 cm³/mol. The van der Waals surface area contributed by atoms with Crippen molar-refractivity contribution in [2.75, 3.05) is 0 Å². The van der Waals surface area contributed by atoms with Crippen LogP contribution in [0, 0.1) is 29.6 Å². The molecule has 0 heteroatoms. The largest absolute Gasteiger partial charge is 0.0839 e. The fourth-order valence-electron chi connectivity index (χ4n) is 10.4. The second kappa shape index (κ2) is 9.55. The van der Waals surface area contributed by atoms with E-state index in [1.165, 1.54) is 60.9 Å². The molecule has 7 aliphatic rings. The minimum atomic E-state index is 0.358. The first-order valence-electron chi connectivity index (χ1n) is 17.4. The summed E-state index contributed by atoms with van der Waals surface area (Å²) in [6.45, 7) is 9.37. The maximum absolute atomic E-state index is 2.68. The molecule has 7 aliphatic carbocycles. The van der Waals surface area contributed by atoms with E-state index in [-0.39, 0.29) is 0 Å². The van der Waals surface area contributed by atoms with Crippen molar-refractivity contribution in [3.8, 4) is 0 Å². The van der Waals surface area contributed by atoms with Crippen molar-refractivity contribution in [2.24, 2.45) is 29.6 Å². The van der Waals surface area contributed by atoms with Crippen LogP contribution in [0.3, 0.4) is 0 Å². The van der Waals surface area contributed by atoms with E-state index < -0.39 is 0 Å². The Kier molecular flexibility index (Phi) is 5.56. The van der Waals surface area contributed by atoms with E-state index >= 15 is 0 Å². The van der Waals surface area contributed by atoms with Crippen LogP contribution in [0.5, 0.6) is 0 Å². The van der Waals surface area contributed by atoms with Crippen LogP contribution in [0.1, 0.15) is 74.3 Å². The normalized spacial score (nSPS) is 29.9. The van der Waals surface area contributed by atoms with Gasteiger partial charge in [0.1, 0.15) is 0 Å². The Morgan fingerprint density at radius 1 is 0.783 bits per heavy atom. The summed E-state index contributed by atoms with van der Waals surface area (Å²) < 4.78 is 0. The van der Waals surface area contributed by atoms with E-state index in [1.807, 2.05) is 0 Å². The second-order valence-corrected chi connectivity index (χ2v) is 15.0. The highest BCUT2D eigenvalue weighted by Crippen LogP contribution is 2.66. The molecule has 0 heterocycles. The third kappa shape index (κ3) is 3.51. The van der Waals surface area contributed by atoms with Crippen LogP contribution in [0.2, 0.25) is 0 Å². The molecule has 46 heavy (non-hydrogen) atoms. The zero-order chi connectivity index (χ0) is 30.8. The Morgan fingerprint density at radius 3 is 2.41 bits per heavy atom. The number of allylic oxidation sites excluding steroid dienone is 17. The molecule has 0 spiro atoms. The van der Waals surface area contributed by atoms with Gasteiger partial charge >= 0.3 is 0 Å². The van der Waals surface area contributed by atoms with Gasteiger partial charge in [-0.1, -0.05) is 132 Å². The predicted octanol–water partition coefficient (Wildman–Crippen LogP) is 11.7. The molecule has 0 radical (unpaired) electrons. The minimum absolute atomic E-state index is 0.358. The Bertz CT molecular complexity index is 2190. The molecule has 1 saturated carbocycles. The van der Waals surface area contributed by atoms with Crippen molar-refractivity contribution < 1.29 is 0 Å². The van der Waals surface area contributed by atoms with Crippen LogP contribution in [-0.4, -0.2) is 0 Å². The van der Waals surface area contributed by atoms with Crippen molar-refractivity contribution in [1.82, 2.24) is 0 Å². The molecular formula is C46H40. The van der Waals surface area contributed by atoms with Gasteiger partial charge in [-0.2, -0.15) is 0 Å². The molecule has 3 aromatic rings. The number of rotatable bonds is 2. The van der Waals surface area contributed by atoms with Gasteiger partial charge in [0, 0.05) is 23.7 Å². The molecule has 10 rings (SSSR count). The van der Waals surface area contributed by atoms with Gasteiger partial charge in [0.15, 0.2) is 0 Å². The standard InChI is InChI=1S/C46H40/c1-25-18-31-19-26(2)21-38-40(31)37(20-25)45-41(29-12-7-5-8-13-29)39-24-36-35-23-28(4)27(3)22-34(35)32-16-11-17-33(43(32)36)44(39)42(46(38)45)30-14-9-6-10-15-30/h5-12,14-21,23-24,27,29,31,40-41,45H,13,22H2,1-4H3/t27?,29-,31?,40?,41?,45?/m0/s1. The van der Waals surface area contributed by atoms with Gasteiger partial charge in [-0.05, 0) is 118 Å². The quantitative estimate of drug-likeness (QED) is 0.278. The minimum Gasteiger partial charge on any atom is -0.0839 e. The molecule has 1 fully saturated rings. The third-order valence-corrected chi connectivity index (χ3v) is 12.3. The molecule has 5 unspecified atom stereocenters. The van der Waals surface area contributed by atoms with Gasteiger partial charge in [-0.3, -0.25) is 0 Å². The summed E-state index contributed by atoms with van der Waals surface area (Å²) in [6.07, 6.45) is 24.4. The van der Waals surface area contributed by atoms with Gasteiger partial charge in [-0.15, -0.1) is 0 Å². The van der Waals surface area contributed by atoms with E-state index in [9.17, 15) is 0 Å². The van der Waals surface area contributed by atoms with Gasteiger partial charge in [0.25, 0.3) is 0 Å². The molecule has 0 saturated heterocycles. The van der Waals surface area contributed by atoms with Crippen LogP contribution in [0.25, 0.3) is 27.5 Å². The van der Waals surface area contributed by atoms with E-state index in [0.29, 0.717) is 35.5 Å². The third-order valence-electron chi connectivity index (χ3n) is 12.3.